The van der Waals surface area contributed by atoms with Crippen LogP contribution in [0.1, 0.15) is 11.4 Å². The lowest BCUT2D eigenvalue weighted by Crippen LogP contribution is -3.12. The lowest BCUT2D eigenvalue weighted by atomic mass is 10.3. The summed E-state index contributed by atoms with van der Waals surface area (Å²) in [6.07, 6.45) is -4.49. The van der Waals surface area contributed by atoms with Gasteiger partial charge in [-0.15, -0.1) is 0 Å². The van der Waals surface area contributed by atoms with Crippen LogP contribution in [0.15, 0.2) is 6.07 Å². The maximum absolute atomic E-state index is 12.5. The van der Waals surface area contributed by atoms with Crippen molar-refractivity contribution < 1.29 is 22.9 Å². The minimum atomic E-state index is -4.49. The molecule has 0 aliphatic carbocycles. The van der Waals surface area contributed by atoms with E-state index in [2.05, 4.69) is 17.6 Å². The summed E-state index contributed by atoms with van der Waals surface area (Å²) in [5.74, 6) is -0.366. The smallest absolute Gasteiger partial charge is 0.335 e. The van der Waals surface area contributed by atoms with E-state index in [1.807, 2.05) is 0 Å². The molecule has 0 radical (unpaired) electrons. The topological polar surface area (TPSA) is 54.6 Å². The quantitative estimate of drug-likeness (QED) is 0.759. The number of carbonyl (C=O) groups excluding carboxylic acids is 1. The van der Waals surface area contributed by atoms with Gasteiger partial charge in [-0.3, -0.25) is 14.9 Å². The number of halogens is 3. The SMILES string of the molecule is Cc1cc(C(F)(F)F)nn1CC(=O)NN1CC[NH+](C)CC1. The first-order valence-corrected chi connectivity index (χ1v) is 6.73. The van der Waals surface area contributed by atoms with Gasteiger partial charge >= 0.3 is 6.18 Å². The highest BCUT2D eigenvalue weighted by Crippen LogP contribution is 2.28. The average molecular weight is 306 g/mol. The Morgan fingerprint density at radius 2 is 2.05 bits per heavy atom. The summed E-state index contributed by atoms with van der Waals surface area (Å²) in [6, 6.07) is 0.937. The fourth-order valence-electron chi connectivity index (χ4n) is 2.16. The number of alkyl halides is 3. The van der Waals surface area contributed by atoms with Crippen molar-refractivity contribution in [3.63, 3.8) is 0 Å². The minimum Gasteiger partial charge on any atom is -0.335 e. The van der Waals surface area contributed by atoms with E-state index in [9.17, 15) is 18.0 Å². The monoisotopic (exact) mass is 306 g/mol. The number of rotatable bonds is 3. The Morgan fingerprint density at radius 1 is 1.43 bits per heavy atom. The van der Waals surface area contributed by atoms with Gasteiger partial charge in [0, 0.05) is 5.69 Å². The van der Waals surface area contributed by atoms with Gasteiger partial charge < -0.3 is 4.90 Å². The van der Waals surface area contributed by atoms with Crippen molar-refractivity contribution in [1.82, 2.24) is 20.2 Å². The molecule has 21 heavy (non-hydrogen) atoms. The molecule has 0 unspecified atom stereocenters. The summed E-state index contributed by atoms with van der Waals surface area (Å²) < 4.78 is 38.7. The largest absolute Gasteiger partial charge is 0.435 e. The van der Waals surface area contributed by atoms with Gasteiger partial charge in [0.2, 0.25) is 0 Å². The third-order valence-electron chi connectivity index (χ3n) is 3.46. The van der Waals surface area contributed by atoms with Gasteiger partial charge in [0.15, 0.2) is 5.69 Å². The predicted octanol–water partition coefficient (Wildman–Crippen LogP) is -0.928. The van der Waals surface area contributed by atoms with E-state index >= 15 is 0 Å². The lowest BCUT2D eigenvalue weighted by molar-refractivity contribution is -0.884. The van der Waals surface area contributed by atoms with E-state index in [4.69, 9.17) is 0 Å². The van der Waals surface area contributed by atoms with Gasteiger partial charge in [0.1, 0.15) is 6.54 Å². The van der Waals surface area contributed by atoms with Crippen LogP contribution in [0.4, 0.5) is 13.2 Å². The molecule has 2 N–H and O–H groups in total. The number of nitrogens with zero attached hydrogens (tertiary/aromatic N) is 3. The van der Waals surface area contributed by atoms with Crippen LogP contribution < -0.4 is 10.3 Å². The van der Waals surface area contributed by atoms with Crippen LogP contribution in [0.2, 0.25) is 0 Å². The standard InChI is InChI=1S/C12H18F3N5O/c1-9-7-10(12(13,14)15)16-20(9)8-11(21)17-19-5-3-18(2)4-6-19/h7H,3-6,8H2,1-2H3,(H,17,21)/p+1. The van der Waals surface area contributed by atoms with Gasteiger partial charge in [-0.1, -0.05) is 0 Å². The number of piperazine rings is 1. The van der Waals surface area contributed by atoms with Crippen LogP contribution >= 0.6 is 0 Å². The van der Waals surface area contributed by atoms with E-state index in [1.54, 1.807) is 5.01 Å². The molecule has 0 aromatic carbocycles. The van der Waals surface area contributed by atoms with Crippen molar-refractivity contribution in [2.24, 2.45) is 0 Å². The van der Waals surface area contributed by atoms with Crippen LogP contribution in [-0.2, 0) is 17.5 Å². The molecule has 118 valence electrons. The molecule has 0 saturated carbocycles. The van der Waals surface area contributed by atoms with E-state index < -0.39 is 11.9 Å². The molecule has 1 fully saturated rings. The zero-order chi connectivity index (χ0) is 15.6. The second-order valence-corrected chi connectivity index (χ2v) is 5.31. The molecule has 1 saturated heterocycles. The number of aromatic nitrogens is 2. The Morgan fingerprint density at radius 3 is 2.57 bits per heavy atom. The van der Waals surface area contributed by atoms with Crippen molar-refractivity contribution >= 4 is 5.91 Å². The predicted molar refractivity (Wildman–Crippen MR) is 68.3 cm³/mol. The molecule has 6 nitrogen and oxygen atoms in total. The van der Waals surface area contributed by atoms with Crippen molar-refractivity contribution in [2.75, 3.05) is 33.2 Å². The van der Waals surface area contributed by atoms with Crippen LogP contribution in [0.5, 0.6) is 0 Å². The first-order chi connectivity index (χ1) is 9.75. The molecule has 0 bridgehead atoms. The molecule has 1 amide bonds. The van der Waals surface area contributed by atoms with E-state index in [1.165, 1.54) is 11.8 Å². The molecular weight excluding hydrogens is 287 g/mol. The molecule has 1 aliphatic heterocycles. The van der Waals surface area contributed by atoms with Gasteiger partial charge in [0.25, 0.3) is 5.91 Å². The summed E-state index contributed by atoms with van der Waals surface area (Å²) >= 11 is 0. The van der Waals surface area contributed by atoms with E-state index in [0.29, 0.717) is 5.69 Å². The number of hydrogen-bond donors (Lipinski definition) is 2. The highest BCUT2D eigenvalue weighted by molar-refractivity contribution is 5.75. The molecule has 2 rings (SSSR count). The number of aryl methyl sites for hydroxylation is 1. The molecule has 2 heterocycles. The first kappa shape index (κ1) is 15.8. The van der Waals surface area contributed by atoms with Gasteiger partial charge in [-0.25, -0.2) is 5.01 Å². The number of quaternary nitrogens is 1. The number of nitrogens with one attached hydrogen (secondary N) is 2. The van der Waals surface area contributed by atoms with Crippen molar-refractivity contribution in [3.8, 4) is 0 Å². The van der Waals surface area contributed by atoms with Crippen LogP contribution in [0, 0.1) is 6.92 Å². The molecule has 1 aromatic heterocycles. The maximum atomic E-state index is 12.5. The number of amides is 1. The minimum absolute atomic E-state index is 0.221. The maximum Gasteiger partial charge on any atom is 0.435 e. The molecule has 1 aromatic rings. The zero-order valence-corrected chi connectivity index (χ0v) is 12.0. The molecule has 1 aliphatic rings. The Labute approximate surface area is 120 Å². The Hall–Kier alpha value is -1.61. The van der Waals surface area contributed by atoms with E-state index in [-0.39, 0.29) is 12.5 Å². The van der Waals surface area contributed by atoms with Crippen LogP contribution in [0.25, 0.3) is 0 Å². The van der Waals surface area contributed by atoms with Gasteiger partial charge in [-0.05, 0) is 13.0 Å². The summed E-state index contributed by atoms with van der Waals surface area (Å²) in [5.41, 5.74) is 2.03. The van der Waals surface area contributed by atoms with E-state index in [0.717, 1.165) is 36.9 Å². The molecule has 0 spiro atoms. The molecule has 0 atom stereocenters. The van der Waals surface area contributed by atoms with Gasteiger partial charge in [0.05, 0.1) is 33.2 Å². The third kappa shape index (κ3) is 4.18. The Balaban J connectivity index is 1.92. The molecular formula is C12H19F3N5O+. The van der Waals surface area contributed by atoms with Gasteiger partial charge in [-0.2, -0.15) is 18.3 Å². The van der Waals surface area contributed by atoms with Crippen LogP contribution in [0.3, 0.4) is 0 Å². The lowest BCUT2D eigenvalue weighted by Gasteiger charge is -2.30. The summed E-state index contributed by atoms with van der Waals surface area (Å²) in [6.45, 7) is 4.56. The number of likely N-dealkylation sites (N-methyl/N-ethyl adjacent to an activating group) is 1. The zero-order valence-electron chi connectivity index (χ0n) is 12.0. The number of hydrogen-bond acceptors (Lipinski definition) is 3. The van der Waals surface area contributed by atoms with Crippen molar-refractivity contribution in [3.05, 3.63) is 17.5 Å². The fourth-order valence-corrected chi connectivity index (χ4v) is 2.16. The summed E-state index contributed by atoms with van der Waals surface area (Å²) in [5, 5.41) is 5.22. The summed E-state index contributed by atoms with van der Waals surface area (Å²) in [7, 11) is 2.07. The van der Waals surface area contributed by atoms with Crippen molar-refractivity contribution in [2.45, 2.75) is 19.6 Å². The van der Waals surface area contributed by atoms with Crippen molar-refractivity contribution in [1.29, 1.82) is 0 Å². The second-order valence-electron chi connectivity index (χ2n) is 5.31. The highest BCUT2D eigenvalue weighted by atomic mass is 19.4. The average Bonchev–Trinajstić information content (AvgIpc) is 2.74. The normalized spacial score (nSPS) is 18.0. The fraction of sp³-hybridized carbons (Fsp3) is 0.667. The highest BCUT2D eigenvalue weighted by Gasteiger charge is 2.34. The molecule has 9 heteroatoms. The first-order valence-electron chi connectivity index (χ1n) is 6.73. The number of carbonyl (C=O) groups is 1. The third-order valence-corrected chi connectivity index (χ3v) is 3.46. The Bertz CT molecular complexity index is 505. The summed E-state index contributed by atoms with van der Waals surface area (Å²) in [4.78, 5) is 13.3. The van der Waals surface area contributed by atoms with Crippen LogP contribution in [-0.4, -0.2) is 53.9 Å². The second kappa shape index (κ2) is 6.02. The Kier molecular flexibility index (Phi) is 4.52. The number of hydrazine groups is 1.